The Bertz CT molecular complexity index is 611. The zero-order valence-corrected chi connectivity index (χ0v) is 12.8. The third-order valence-electron chi connectivity index (χ3n) is 3.21. The molecule has 1 amide bonds. The monoisotopic (exact) mass is 299 g/mol. The lowest BCUT2D eigenvalue weighted by Crippen LogP contribution is -2.87. The molecular weight excluding hydrogens is 280 g/mol. The third kappa shape index (κ3) is 4.45. The maximum absolute atomic E-state index is 11.7. The van der Waals surface area contributed by atoms with Gasteiger partial charge >= 0.3 is 0 Å². The Morgan fingerprint density at radius 3 is 2.76 bits per heavy atom. The van der Waals surface area contributed by atoms with E-state index in [-0.39, 0.29) is 18.5 Å². The van der Waals surface area contributed by atoms with Crippen molar-refractivity contribution in [2.45, 2.75) is 13.0 Å². The van der Waals surface area contributed by atoms with Crippen LogP contribution in [0.25, 0.3) is 0 Å². The number of quaternary nitrogens is 1. The smallest absolute Gasteiger partial charge is 0.275 e. The van der Waals surface area contributed by atoms with Crippen molar-refractivity contribution in [3.8, 4) is 12.3 Å². The van der Waals surface area contributed by atoms with E-state index in [1.165, 1.54) is 16.0 Å². The zero-order valence-electron chi connectivity index (χ0n) is 12.0. The van der Waals surface area contributed by atoms with Crippen molar-refractivity contribution in [1.82, 2.24) is 5.32 Å². The van der Waals surface area contributed by atoms with E-state index >= 15 is 0 Å². The van der Waals surface area contributed by atoms with Gasteiger partial charge in [0.25, 0.3) is 5.91 Å². The van der Waals surface area contributed by atoms with E-state index in [4.69, 9.17) is 6.42 Å². The summed E-state index contributed by atoms with van der Waals surface area (Å²) in [5.74, 6) is 2.37. The first-order valence-corrected chi connectivity index (χ1v) is 7.72. The summed E-state index contributed by atoms with van der Waals surface area (Å²) in [6, 6.07) is 12.7. The molecule has 0 bridgehead atoms. The Hall–Kier alpha value is -2.09. The zero-order chi connectivity index (χ0) is 15.1. The van der Waals surface area contributed by atoms with Crippen molar-refractivity contribution >= 4 is 17.2 Å². The molecule has 2 aromatic rings. The van der Waals surface area contributed by atoms with Gasteiger partial charge in [0.15, 0.2) is 6.54 Å². The van der Waals surface area contributed by atoms with Crippen LogP contribution in [-0.4, -0.2) is 19.0 Å². The van der Waals surface area contributed by atoms with E-state index in [2.05, 4.69) is 53.9 Å². The molecule has 2 rings (SSSR count). The number of carbonyl (C=O) groups excluding carboxylic acids is 1. The van der Waals surface area contributed by atoms with Crippen LogP contribution in [-0.2, 0) is 4.79 Å². The second-order valence-electron chi connectivity index (χ2n) is 4.82. The molecule has 108 valence electrons. The highest BCUT2D eigenvalue weighted by Crippen LogP contribution is 2.22. The average Bonchev–Trinajstić information content (AvgIpc) is 3.01. The van der Waals surface area contributed by atoms with Crippen LogP contribution in [0.3, 0.4) is 0 Å². The average molecular weight is 299 g/mol. The van der Waals surface area contributed by atoms with Gasteiger partial charge in [-0.25, -0.2) is 0 Å². The second kappa shape index (κ2) is 7.63. The number of hydrogen-bond donors (Lipinski definition) is 2. The van der Waals surface area contributed by atoms with Crippen molar-refractivity contribution < 1.29 is 10.1 Å². The molecule has 21 heavy (non-hydrogen) atoms. The largest absolute Gasteiger partial charge is 0.340 e. The first kappa shape index (κ1) is 15.3. The van der Waals surface area contributed by atoms with E-state index in [0.717, 1.165) is 0 Å². The van der Waals surface area contributed by atoms with Crippen LogP contribution in [0.5, 0.6) is 0 Å². The molecule has 0 unspecified atom stereocenters. The summed E-state index contributed by atoms with van der Waals surface area (Å²) >= 11 is 1.70. The molecule has 3 nitrogen and oxygen atoms in total. The fraction of sp³-hybridized carbons (Fsp3) is 0.235. The quantitative estimate of drug-likeness (QED) is 0.779. The predicted octanol–water partition coefficient (Wildman–Crippen LogP) is 1.46. The Balaban J connectivity index is 2.09. The molecule has 0 spiro atoms. The molecule has 3 N–H and O–H groups in total. The molecule has 1 aromatic heterocycles. The Morgan fingerprint density at radius 1 is 1.38 bits per heavy atom. The van der Waals surface area contributed by atoms with E-state index in [1.807, 2.05) is 11.4 Å². The van der Waals surface area contributed by atoms with Crippen LogP contribution < -0.4 is 10.6 Å². The summed E-state index contributed by atoms with van der Waals surface area (Å²) in [6.45, 7) is 2.71. The van der Waals surface area contributed by atoms with E-state index in [0.29, 0.717) is 6.54 Å². The van der Waals surface area contributed by atoms with Crippen LogP contribution in [0.2, 0.25) is 0 Å². The van der Waals surface area contributed by atoms with Crippen molar-refractivity contribution in [3.05, 3.63) is 57.8 Å². The number of hydrogen-bond acceptors (Lipinski definition) is 2. The number of terminal acetylenes is 1. The van der Waals surface area contributed by atoms with Crippen LogP contribution in [0.1, 0.15) is 22.0 Å². The standard InChI is InChI=1S/C17H18N2OS/c1-3-10-18-16(20)12-19-17(15-5-4-11-21-15)14-8-6-13(2)7-9-14/h1,4-9,11,17,19H,10,12H2,2H3,(H,18,20)/p+1/t17-/m1/s1. The molecule has 0 aliphatic rings. The molecule has 0 radical (unpaired) electrons. The highest BCUT2D eigenvalue weighted by atomic mass is 32.1. The highest BCUT2D eigenvalue weighted by Gasteiger charge is 2.19. The Labute approximate surface area is 129 Å². The summed E-state index contributed by atoms with van der Waals surface area (Å²) in [5.41, 5.74) is 2.43. The lowest BCUT2D eigenvalue weighted by atomic mass is 10.0. The first-order chi connectivity index (χ1) is 10.2. The summed E-state index contributed by atoms with van der Waals surface area (Å²) in [5, 5.41) is 6.79. The molecule has 0 fully saturated rings. The molecule has 0 saturated heterocycles. The molecule has 0 saturated carbocycles. The maximum atomic E-state index is 11.7. The van der Waals surface area contributed by atoms with Gasteiger partial charge in [-0.15, -0.1) is 17.8 Å². The highest BCUT2D eigenvalue weighted by molar-refractivity contribution is 7.10. The minimum Gasteiger partial charge on any atom is -0.340 e. The summed E-state index contributed by atoms with van der Waals surface area (Å²) < 4.78 is 0. The molecule has 0 aliphatic carbocycles. The van der Waals surface area contributed by atoms with Crippen molar-refractivity contribution in [2.75, 3.05) is 13.1 Å². The number of aryl methyl sites for hydroxylation is 1. The summed E-state index contributed by atoms with van der Waals surface area (Å²) in [7, 11) is 0. The fourth-order valence-corrected chi connectivity index (χ4v) is 2.96. The molecule has 0 aliphatic heterocycles. The normalized spacial score (nSPS) is 11.6. The van der Waals surface area contributed by atoms with Crippen LogP contribution >= 0.6 is 11.3 Å². The number of carbonyl (C=O) groups is 1. The van der Waals surface area contributed by atoms with Gasteiger partial charge in [0, 0.05) is 5.56 Å². The molecular formula is C17H19N2OS+. The molecule has 1 heterocycles. The number of rotatable bonds is 6. The third-order valence-corrected chi connectivity index (χ3v) is 4.17. The van der Waals surface area contributed by atoms with Crippen molar-refractivity contribution in [2.24, 2.45) is 0 Å². The molecule has 1 atom stereocenters. The summed E-state index contributed by atoms with van der Waals surface area (Å²) in [4.78, 5) is 13.0. The van der Waals surface area contributed by atoms with E-state index < -0.39 is 0 Å². The lowest BCUT2D eigenvalue weighted by Gasteiger charge is -2.14. The lowest BCUT2D eigenvalue weighted by molar-refractivity contribution is -0.676. The first-order valence-electron chi connectivity index (χ1n) is 6.84. The fourth-order valence-electron chi connectivity index (χ4n) is 2.11. The topological polar surface area (TPSA) is 45.7 Å². The second-order valence-corrected chi connectivity index (χ2v) is 5.80. The Morgan fingerprint density at radius 2 is 2.14 bits per heavy atom. The predicted molar refractivity (Wildman–Crippen MR) is 86.0 cm³/mol. The number of benzene rings is 1. The van der Waals surface area contributed by atoms with Gasteiger partial charge < -0.3 is 10.6 Å². The van der Waals surface area contributed by atoms with Gasteiger partial charge in [0.2, 0.25) is 0 Å². The maximum Gasteiger partial charge on any atom is 0.275 e. The number of nitrogens with two attached hydrogens (primary N) is 1. The van der Waals surface area contributed by atoms with Crippen LogP contribution in [0, 0.1) is 19.3 Å². The summed E-state index contributed by atoms with van der Waals surface area (Å²) in [6.07, 6.45) is 5.14. The number of nitrogens with one attached hydrogen (secondary N) is 1. The SMILES string of the molecule is C#CCNC(=O)C[NH2+][C@H](c1ccc(C)cc1)c1cccs1. The van der Waals surface area contributed by atoms with E-state index in [9.17, 15) is 4.79 Å². The van der Waals surface area contributed by atoms with Gasteiger partial charge in [-0.3, -0.25) is 4.79 Å². The van der Waals surface area contributed by atoms with Gasteiger partial charge in [-0.05, 0) is 18.4 Å². The van der Waals surface area contributed by atoms with E-state index in [1.54, 1.807) is 11.3 Å². The van der Waals surface area contributed by atoms with Crippen LogP contribution in [0.15, 0.2) is 41.8 Å². The Kier molecular flexibility index (Phi) is 5.56. The minimum atomic E-state index is -0.0402. The van der Waals surface area contributed by atoms with Gasteiger partial charge in [-0.1, -0.05) is 41.8 Å². The number of thiophene rings is 1. The van der Waals surface area contributed by atoms with Gasteiger partial charge in [-0.2, -0.15) is 0 Å². The van der Waals surface area contributed by atoms with Gasteiger partial charge in [0.1, 0.15) is 6.04 Å². The number of amides is 1. The minimum absolute atomic E-state index is 0.0402. The van der Waals surface area contributed by atoms with Gasteiger partial charge in [0.05, 0.1) is 11.4 Å². The van der Waals surface area contributed by atoms with Crippen molar-refractivity contribution in [3.63, 3.8) is 0 Å². The molecule has 4 heteroatoms. The van der Waals surface area contributed by atoms with Crippen LogP contribution in [0.4, 0.5) is 0 Å². The van der Waals surface area contributed by atoms with Crippen molar-refractivity contribution in [1.29, 1.82) is 0 Å². The molecule has 1 aromatic carbocycles.